The van der Waals surface area contributed by atoms with Crippen LogP contribution >= 0.6 is 11.6 Å². The molecule has 1 aromatic carbocycles. The van der Waals surface area contributed by atoms with E-state index in [1.54, 1.807) is 37.4 Å². The second-order valence-corrected chi connectivity index (χ2v) is 6.11. The maximum atomic E-state index is 14.0. The molecule has 0 spiro atoms. The van der Waals surface area contributed by atoms with Crippen LogP contribution < -0.4 is 0 Å². The predicted molar refractivity (Wildman–Crippen MR) is 80.2 cm³/mol. The molecule has 0 saturated carbocycles. The number of alkyl halides is 2. The summed E-state index contributed by atoms with van der Waals surface area (Å²) in [4.78, 5) is 0. The molecule has 1 aromatic heterocycles. The van der Waals surface area contributed by atoms with Crippen molar-refractivity contribution in [3.63, 3.8) is 0 Å². The summed E-state index contributed by atoms with van der Waals surface area (Å²) >= 11 is 5.81. The Morgan fingerprint density at radius 3 is 2.45 bits per heavy atom. The predicted octanol–water partition coefficient (Wildman–Crippen LogP) is 4.47. The summed E-state index contributed by atoms with van der Waals surface area (Å²) in [5, 5.41) is 8.35. The highest BCUT2D eigenvalue weighted by atomic mass is 35.5. The largest absolute Gasteiger partial charge is 0.361 e. The lowest BCUT2D eigenvalue weighted by atomic mass is 9.89. The zero-order valence-corrected chi connectivity index (χ0v) is 13.4. The Morgan fingerprint density at radius 1 is 1.23 bits per heavy atom. The Bertz CT molecular complexity index is 626. The van der Waals surface area contributed by atoms with Gasteiger partial charge in [-0.15, -0.1) is 5.10 Å². The molecule has 0 aliphatic carbocycles. The number of halogens is 3. The average Bonchev–Trinajstić information content (AvgIpc) is 2.95. The minimum atomic E-state index is -3.23. The first-order valence-corrected chi connectivity index (χ1v) is 7.32. The standard InChI is InChI=1S/C15H18ClF2N3O/c1-4-14(2,3)15(17,18)22-10-12-9-21(20-19-12)13-7-5-11(16)6-8-13/h5-9H,4,10H2,1-3H3. The molecule has 0 aliphatic rings. The molecule has 2 rings (SSSR count). The number of benzene rings is 1. The van der Waals surface area contributed by atoms with Crippen molar-refractivity contribution in [1.29, 1.82) is 0 Å². The number of hydrogen-bond acceptors (Lipinski definition) is 3. The molecule has 22 heavy (non-hydrogen) atoms. The molecule has 4 nitrogen and oxygen atoms in total. The summed E-state index contributed by atoms with van der Waals surface area (Å²) in [6.45, 7) is 4.34. The van der Waals surface area contributed by atoms with Crippen molar-refractivity contribution in [2.75, 3.05) is 0 Å². The molecule has 0 amide bonds. The van der Waals surface area contributed by atoms with E-state index in [0.29, 0.717) is 17.1 Å². The van der Waals surface area contributed by atoms with Gasteiger partial charge in [-0.2, -0.15) is 8.78 Å². The molecule has 0 radical (unpaired) electrons. The second-order valence-electron chi connectivity index (χ2n) is 5.67. The average molecular weight is 330 g/mol. The van der Waals surface area contributed by atoms with Gasteiger partial charge in [0, 0.05) is 5.02 Å². The Balaban J connectivity index is 2.05. The fourth-order valence-electron chi connectivity index (χ4n) is 1.65. The summed E-state index contributed by atoms with van der Waals surface area (Å²) in [6, 6.07) is 6.95. The molecule has 120 valence electrons. The fraction of sp³-hybridized carbons (Fsp3) is 0.467. The number of rotatable bonds is 6. The van der Waals surface area contributed by atoms with Crippen LogP contribution in [-0.4, -0.2) is 21.1 Å². The van der Waals surface area contributed by atoms with E-state index in [4.69, 9.17) is 16.3 Å². The number of ether oxygens (including phenoxy) is 1. The van der Waals surface area contributed by atoms with Crippen LogP contribution in [0.3, 0.4) is 0 Å². The quantitative estimate of drug-likeness (QED) is 0.785. The Labute approximate surface area is 133 Å². The third kappa shape index (κ3) is 3.62. The van der Waals surface area contributed by atoms with Gasteiger partial charge in [-0.25, -0.2) is 4.68 Å². The summed E-state index contributed by atoms with van der Waals surface area (Å²) < 4.78 is 34.2. The van der Waals surface area contributed by atoms with Crippen molar-refractivity contribution in [2.45, 2.75) is 39.9 Å². The van der Waals surface area contributed by atoms with Crippen LogP contribution in [0.1, 0.15) is 32.9 Å². The van der Waals surface area contributed by atoms with E-state index >= 15 is 0 Å². The van der Waals surface area contributed by atoms with Crippen LogP contribution in [-0.2, 0) is 11.3 Å². The van der Waals surface area contributed by atoms with E-state index in [0.717, 1.165) is 5.69 Å². The van der Waals surface area contributed by atoms with Gasteiger partial charge in [0.1, 0.15) is 5.69 Å². The van der Waals surface area contributed by atoms with Gasteiger partial charge >= 0.3 is 6.11 Å². The highest BCUT2D eigenvalue weighted by Crippen LogP contribution is 2.40. The molecule has 0 unspecified atom stereocenters. The summed E-state index contributed by atoms with van der Waals surface area (Å²) in [6.07, 6.45) is -1.37. The van der Waals surface area contributed by atoms with Crippen LogP contribution in [0.25, 0.3) is 5.69 Å². The number of hydrogen-bond donors (Lipinski definition) is 0. The third-order valence-electron chi connectivity index (χ3n) is 3.71. The first-order chi connectivity index (χ1) is 10.2. The van der Waals surface area contributed by atoms with Crippen LogP contribution in [0.4, 0.5) is 8.78 Å². The Hall–Kier alpha value is -1.53. The third-order valence-corrected chi connectivity index (χ3v) is 3.96. The van der Waals surface area contributed by atoms with Crippen molar-refractivity contribution in [3.8, 4) is 5.69 Å². The van der Waals surface area contributed by atoms with Crippen molar-refractivity contribution in [1.82, 2.24) is 15.0 Å². The number of aromatic nitrogens is 3. The maximum Gasteiger partial charge on any atom is 0.361 e. The molecule has 0 fully saturated rings. The fourth-order valence-corrected chi connectivity index (χ4v) is 1.78. The maximum absolute atomic E-state index is 14.0. The molecule has 0 bridgehead atoms. The van der Waals surface area contributed by atoms with Crippen LogP contribution in [0.15, 0.2) is 30.5 Å². The van der Waals surface area contributed by atoms with Crippen molar-refractivity contribution >= 4 is 11.6 Å². The second kappa shape index (κ2) is 6.30. The topological polar surface area (TPSA) is 39.9 Å². The smallest absolute Gasteiger partial charge is 0.313 e. The molecular formula is C15H18ClF2N3O. The van der Waals surface area contributed by atoms with Gasteiger partial charge in [0.2, 0.25) is 0 Å². The van der Waals surface area contributed by atoms with Crippen molar-refractivity contribution in [3.05, 3.63) is 41.2 Å². The van der Waals surface area contributed by atoms with E-state index in [1.165, 1.54) is 18.5 Å². The summed E-state index contributed by atoms with van der Waals surface area (Å²) in [7, 11) is 0. The van der Waals surface area contributed by atoms with Gasteiger partial charge in [-0.05, 0) is 30.7 Å². The van der Waals surface area contributed by atoms with Gasteiger partial charge in [0.25, 0.3) is 0 Å². The Morgan fingerprint density at radius 2 is 1.86 bits per heavy atom. The van der Waals surface area contributed by atoms with Gasteiger partial charge in [-0.3, -0.25) is 0 Å². The van der Waals surface area contributed by atoms with E-state index in [1.807, 2.05) is 0 Å². The molecule has 0 N–H and O–H groups in total. The lowest BCUT2D eigenvalue weighted by molar-refractivity contribution is -0.306. The lowest BCUT2D eigenvalue weighted by Crippen LogP contribution is -2.38. The molecular weight excluding hydrogens is 312 g/mol. The minimum absolute atomic E-state index is 0.302. The SMILES string of the molecule is CCC(C)(C)C(F)(F)OCc1cn(-c2ccc(Cl)cc2)nn1. The van der Waals surface area contributed by atoms with E-state index in [9.17, 15) is 8.78 Å². The van der Waals surface area contributed by atoms with Crippen LogP contribution in [0.5, 0.6) is 0 Å². The molecule has 0 saturated heterocycles. The monoisotopic (exact) mass is 329 g/mol. The van der Waals surface area contributed by atoms with Gasteiger partial charge in [0.15, 0.2) is 0 Å². The van der Waals surface area contributed by atoms with E-state index < -0.39 is 11.5 Å². The van der Waals surface area contributed by atoms with E-state index in [2.05, 4.69) is 10.3 Å². The van der Waals surface area contributed by atoms with Crippen LogP contribution in [0.2, 0.25) is 5.02 Å². The zero-order chi connectivity index (χ0) is 16.4. The molecule has 7 heteroatoms. The summed E-state index contributed by atoms with van der Waals surface area (Å²) in [5.74, 6) is 0. The molecule has 2 aromatic rings. The highest BCUT2D eigenvalue weighted by molar-refractivity contribution is 6.30. The van der Waals surface area contributed by atoms with Gasteiger partial charge in [-0.1, -0.05) is 37.6 Å². The molecule has 0 aliphatic heterocycles. The minimum Gasteiger partial charge on any atom is -0.313 e. The van der Waals surface area contributed by atoms with Gasteiger partial charge in [0.05, 0.1) is 23.9 Å². The number of nitrogens with zero attached hydrogens (tertiary/aromatic N) is 3. The van der Waals surface area contributed by atoms with Crippen LogP contribution in [0, 0.1) is 5.41 Å². The van der Waals surface area contributed by atoms with Crippen molar-refractivity contribution < 1.29 is 13.5 Å². The normalized spacial score (nSPS) is 12.6. The summed E-state index contributed by atoms with van der Waals surface area (Å²) in [5.41, 5.74) is -0.163. The molecule has 1 heterocycles. The first kappa shape index (κ1) is 16.8. The lowest BCUT2D eigenvalue weighted by Gasteiger charge is -2.32. The Kier molecular flexibility index (Phi) is 4.82. The molecule has 0 atom stereocenters. The van der Waals surface area contributed by atoms with E-state index in [-0.39, 0.29) is 6.61 Å². The zero-order valence-electron chi connectivity index (χ0n) is 12.7. The van der Waals surface area contributed by atoms with Gasteiger partial charge < -0.3 is 4.74 Å². The van der Waals surface area contributed by atoms with Crippen molar-refractivity contribution in [2.24, 2.45) is 5.41 Å². The first-order valence-electron chi connectivity index (χ1n) is 6.94. The highest BCUT2D eigenvalue weighted by Gasteiger charge is 2.46.